The van der Waals surface area contributed by atoms with Crippen LogP contribution in [0.4, 0.5) is 5.69 Å². The highest BCUT2D eigenvalue weighted by Crippen LogP contribution is 2.38. The fourth-order valence-corrected chi connectivity index (χ4v) is 2.57. The van der Waals surface area contributed by atoms with Crippen molar-refractivity contribution in [2.75, 3.05) is 4.90 Å². The second-order valence-corrected chi connectivity index (χ2v) is 5.14. The number of aldehydes is 1. The standard InChI is InChI=1S/C15H14ClNO2/c16-14-5-1-3-11(10-18)15(14)17(12-6-7-12)9-13-4-2-8-19-13/h1-5,8,10,12H,6-7,9H2. The van der Waals surface area contributed by atoms with Gasteiger partial charge in [-0.2, -0.15) is 0 Å². The molecule has 0 bridgehead atoms. The molecule has 0 unspecified atom stereocenters. The molecule has 19 heavy (non-hydrogen) atoms. The zero-order valence-electron chi connectivity index (χ0n) is 10.4. The van der Waals surface area contributed by atoms with E-state index in [0.29, 0.717) is 23.2 Å². The fourth-order valence-electron chi connectivity index (χ4n) is 2.28. The van der Waals surface area contributed by atoms with Crippen molar-refractivity contribution in [2.24, 2.45) is 0 Å². The van der Waals surface area contributed by atoms with E-state index in [-0.39, 0.29) is 0 Å². The highest BCUT2D eigenvalue weighted by atomic mass is 35.5. The number of para-hydroxylation sites is 1. The molecule has 0 spiro atoms. The maximum Gasteiger partial charge on any atom is 0.152 e. The molecule has 0 saturated heterocycles. The van der Waals surface area contributed by atoms with Gasteiger partial charge in [0.1, 0.15) is 5.76 Å². The van der Waals surface area contributed by atoms with Gasteiger partial charge < -0.3 is 9.32 Å². The van der Waals surface area contributed by atoms with Crippen LogP contribution in [0.5, 0.6) is 0 Å². The summed E-state index contributed by atoms with van der Waals surface area (Å²) in [6.45, 7) is 0.641. The van der Waals surface area contributed by atoms with E-state index in [2.05, 4.69) is 4.90 Å². The number of rotatable bonds is 5. The van der Waals surface area contributed by atoms with Crippen LogP contribution in [0.2, 0.25) is 5.02 Å². The first kappa shape index (κ1) is 12.3. The Kier molecular flexibility index (Phi) is 3.30. The molecule has 1 aliphatic rings. The van der Waals surface area contributed by atoms with Crippen molar-refractivity contribution in [3.8, 4) is 0 Å². The SMILES string of the molecule is O=Cc1cccc(Cl)c1N(Cc1ccco1)C1CC1. The van der Waals surface area contributed by atoms with Gasteiger partial charge in [-0.25, -0.2) is 0 Å². The molecule has 1 heterocycles. The second-order valence-electron chi connectivity index (χ2n) is 4.73. The van der Waals surface area contributed by atoms with Gasteiger partial charge >= 0.3 is 0 Å². The van der Waals surface area contributed by atoms with Crippen molar-refractivity contribution in [3.63, 3.8) is 0 Å². The summed E-state index contributed by atoms with van der Waals surface area (Å²) in [5, 5.41) is 0.614. The van der Waals surface area contributed by atoms with Crippen LogP contribution in [0.1, 0.15) is 29.0 Å². The summed E-state index contributed by atoms with van der Waals surface area (Å²) >= 11 is 6.28. The quantitative estimate of drug-likeness (QED) is 0.776. The van der Waals surface area contributed by atoms with Crippen molar-refractivity contribution in [1.82, 2.24) is 0 Å². The summed E-state index contributed by atoms with van der Waals surface area (Å²) in [5.41, 5.74) is 1.45. The molecule has 0 atom stereocenters. The molecular formula is C15H14ClNO2. The Hall–Kier alpha value is -1.74. The molecule has 98 valence electrons. The summed E-state index contributed by atoms with van der Waals surface area (Å²) < 4.78 is 5.40. The number of carbonyl (C=O) groups is 1. The van der Waals surface area contributed by atoms with Gasteiger partial charge in [-0.05, 0) is 37.1 Å². The zero-order chi connectivity index (χ0) is 13.2. The first-order valence-electron chi connectivity index (χ1n) is 6.32. The Labute approximate surface area is 116 Å². The van der Waals surface area contributed by atoms with E-state index in [1.807, 2.05) is 18.2 Å². The Morgan fingerprint density at radius 3 is 2.79 bits per heavy atom. The number of hydrogen-bond acceptors (Lipinski definition) is 3. The van der Waals surface area contributed by atoms with Gasteiger partial charge in [0.05, 0.1) is 23.5 Å². The highest BCUT2D eigenvalue weighted by molar-refractivity contribution is 6.34. The largest absolute Gasteiger partial charge is 0.467 e. The van der Waals surface area contributed by atoms with E-state index >= 15 is 0 Å². The van der Waals surface area contributed by atoms with Crippen LogP contribution in [-0.4, -0.2) is 12.3 Å². The van der Waals surface area contributed by atoms with Gasteiger partial charge in [0, 0.05) is 11.6 Å². The first-order valence-corrected chi connectivity index (χ1v) is 6.70. The average Bonchev–Trinajstić information content (AvgIpc) is 3.14. The number of hydrogen-bond donors (Lipinski definition) is 0. The van der Waals surface area contributed by atoms with Crippen molar-refractivity contribution >= 4 is 23.6 Å². The van der Waals surface area contributed by atoms with Crippen LogP contribution >= 0.6 is 11.6 Å². The fraction of sp³-hybridized carbons (Fsp3) is 0.267. The smallest absolute Gasteiger partial charge is 0.152 e. The predicted molar refractivity (Wildman–Crippen MR) is 74.8 cm³/mol. The molecule has 0 radical (unpaired) electrons. The number of furan rings is 1. The summed E-state index contributed by atoms with van der Waals surface area (Å²) in [7, 11) is 0. The van der Waals surface area contributed by atoms with Gasteiger partial charge in [-0.15, -0.1) is 0 Å². The molecule has 0 aliphatic heterocycles. The zero-order valence-corrected chi connectivity index (χ0v) is 11.1. The van der Waals surface area contributed by atoms with E-state index in [1.165, 1.54) is 0 Å². The van der Waals surface area contributed by atoms with Gasteiger partial charge in [-0.1, -0.05) is 17.7 Å². The summed E-state index contributed by atoms with van der Waals surface area (Å²) in [6.07, 6.45) is 4.78. The third kappa shape index (κ3) is 2.51. The molecule has 0 N–H and O–H groups in total. The Bertz CT molecular complexity index is 576. The van der Waals surface area contributed by atoms with Crippen LogP contribution in [0.25, 0.3) is 0 Å². The Morgan fingerprint density at radius 2 is 2.16 bits per heavy atom. The summed E-state index contributed by atoms with van der Waals surface area (Å²) in [4.78, 5) is 13.4. The summed E-state index contributed by atoms with van der Waals surface area (Å²) in [5.74, 6) is 0.878. The minimum Gasteiger partial charge on any atom is -0.467 e. The molecular weight excluding hydrogens is 262 g/mol. The Balaban J connectivity index is 1.98. The first-order chi connectivity index (χ1) is 9.29. The highest BCUT2D eigenvalue weighted by Gasteiger charge is 2.32. The number of anilines is 1. The van der Waals surface area contributed by atoms with E-state index in [4.69, 9.17) is 16.0 Å². The van der Waals surface area contributed by atoms with Gasteiger partial charge in [0.25, 0.3) is 0 Å². The van der Waals surface area contributed by atoms with Gasteiger partial charge in [0.15, 0.2) is 6.29 Å². The van der Waals surface area contributed by atoms with Crippen LogP contribution in [0, 0.1) is 0 Å². The minimum atomic E-state index is 0.448. The van der Waals surface area contributed by atoms with Crippen LogP contribution in [-0.2, 0) is 6.54 Å². The lowest BCUT2D eigenvalue weighted by Gasteiger charge is -2.26. The lowest BCUT2D eigenvalue weighted by molar-refractivity contribution is 0.112. The van der Waals surface area contributed by atoms with E-state index in [9.17, 15) is 4.79 Å². The Morgan fingerprint density at radius 1 is 1.32 bits per heavy atom. The van der Waals surface area contributed by atoms with E-state index < -0.39 is 0 Å². The average molecular weight is 276 g/mol. The molecule has 1 aromatic heterocycles. The van der Waals surface area contributed by atoms with Gasteiger partial charge in [-0.3, -0.25) is 4.79 Å². The molecule has 0 amide bonds. The van der Waals surface area contributed by atoms with Gasteiger partial charge in [0.2, 0.25) is 0 Å². The summed E-state index contributed by atoms with van der Waals surface area (Å²) in [6, 6.07) is 9.67. The van der Waals surface area contributed by atoms with Crippen molar-refractivity contribution in [3.05, 3.63) is 52.9 Å². The molecule has 1 saturated carbocycles. The van der Waals surface area contributed by atoms with E-state index in [1.54, 1.807) is 18.4 Å². The molecule has 1 fully saturated rings. The van der Waals surface area contributed by atoms with E-state index in [0.717, 1.165) is 30.6 Å². The monoisotopic (exact) mass is 275 g/mol. The minimum absolute atomic E-state index is 0.448. The molecule has 3 nitrogen and oxygen atoms in total. The molecule has 2 aromatic rings. The normalized spacial score (nSPS) is 14.4. The van der Waals surface area contributed by atoms with Crippen LogP contribution in [0.15, 0.2) is 41.0 Å². The molecule has 1 aromatic carbocycles. The van der Waals surface area contributed by atoms with Crippen LogP contribution < -0.4 is 4.90 Å². The molecule has 4 heteroatoms. The number of carbonyl (C=O) groups excluding carboxylic acids is 1. The molecule has 1 aliphatic carbocycles. The van der Waals surface area contributed by atoms with Crippen LogP contribution in [0.3, 0.4) is 0 Å². The van der Waals surface area contributed by atoms with Crippen molar-refractivity contribution in [2.45, 2.75) is 25.4 Å². The lowest BCUT2D eigenvalue weighted by Crippen LogP contribution is -2.26. The van der Waals surface area contributed by atoms with Crippen molar-refractivity contribution < 1.29 is 9.21 Å². The molecule has 3 rings (SSSR count). The topological polar surface area (TPSA) is 33.5 Å². The third-order valence-corrected chi connectivity index (χ3v) is 3.63. The van der Waals surface area contributed by atoms with Crippen molar-refractivity contribution in [1.29, 1.82) is 0 Å². The number of halogens is 1. The maximum absolute atomic E-state index is 11.2. The predicted octanol–water partition coefficient (Wildman–Crippen LogP) is 3.91. The lowest BCUT2D eigenvalue weighted by atomic mass is 10.1. The third-order valence-electron chi connectivity index (χ3n) is 3.33. The maximum atomic E-state index is 11.2. The number of benzene rings is 1. The number of nitrogens with zero attached hydrogens (tertiary/aromatic N) is 1. The second kappa shape index (κ2) is 5.10.